The molecule has 0 aliphatic heterocycles. The average molecular weight is 213 g/mol. The monoisotopic (exact) mass is 213 g/mol. The molecular weight excluding hydrogens is 207 g/mol. The molecule has 0 atom stereocenters. The molecule has 6 heteroatoms. The van der Waals surface area contributed by atoms with Gasteiger partial charge in [-0.3, -0.25) is 4.55 Å². The Morgan fingerprint density at radius 3 is 2.08 bits per heavy atom. The first kappa shape index (κ1) is 12.6. The standard InChI is InChI=1S/C6H6O4S.K/c7-11(8,9)10-6-4-2-1-3-5-6;/h1-5H,(H,7,8,9);. The van der Waals surface area contributed by atoms with Crippen molar-refractivity contribution < 1.29 is 17.2 Å². The van der Waals surface area contributed by atoms with E-state index in [0.717, 1.165) is 0 Å². The third-order valence-corrected chi connectivity index (χ3v) is 1.35. The van der Waals surface area contributed by atoms with E-state index in [1.54, 1.807) is 18.2 Å². The van der Waals surface area contributed by atoms with Gasteiger partial charge in [0.25, 0.3) is 0 Å². The molecule has 1 radical (unpaired) electrons. The first-order valence-electron chi connectivity index (χ1n) is 2.80. The summed E-state index contributed by atoms with van der Waals surface area (Å²) >= 11 is 0. The van der Waals surface area contributed by atoms with Crippen LogP contribution in [0.2, 0.25) is 0 Å². The van der Waals surface area contributed by atoms with Crippen molar-refractivity contribution >= 4 is 61.8 Å². The molecule has 12 heavy (non-hydrogen) atoms. The van der Waals surface area contributed by atoms with Gasteiger partial charge in [-0.1, -0.05) is 18.2 Å². The summed E-state index contributed by atoms with van der Waals surface area (Å²) in [5.41, 5.74) is 0. The van der Waals surface area contributed by atoms with Crippen molar-refractivity contribution in [2.45, 2.75) is 0 Å². The maximum absolute atomic E-state index is 10.1. The van der Waals surface area contributed by atoms with Crippen LogP contribution >= 0.6 is 0 Å². The molecule has 1 N–H and O–H groups in total. The van der Waals surface area contributed by atoms with Crippen molar-refractivity contribution in [2.24, 2.45) is 0 Å². The molecule has 4 nitrogen and oxygen atoms in total. The molecule has 0 bridgehead atoms. The van der Waals surface area contributed by atoms with Gasteiger partial charge in [-0.15, -0.1) is 0 Å². The van der Waals surface area contributed by atoms with Crippen LogP contribution in [0.1, 0.15) is 0 Å². The van der Waals surface area contributed by atoms with E-state index in [2.05, 4.69) is 4.18 Å². The van der Waals surface area contributed by atoms with Crippen LogP contribution in [0.15, 0.2) is 30.3 Å². The van der Waals surface area contributed by atoms with E-state index >= 15 is 0 Å². The maximum atomic E-state index is 10.1. The first-order valence-corrected chi connectivity index (χ1v) is 4.16. The fourth-order valence-corrected chi connectivity index (χ4v) is 0.952. The zero-order valence-electron chi connectivity index (χ0n) is 6.47. The van der Waals surface area contributed by atoms with Gasteiger partial charge in [0.05, 0.1) is 0 Å². The van der Waals surface area contributed by atoms with Gasteiger partial charge < -0.3 is 4.18 Å². The molecule has 61 valence electrons. The number of para-hydroxylation sites is 1. The normalized spacial score (nSPS) is 10.1. The van der Waals surface area contributed by atoms with Crippen molar-refractivity contribution in [1.29, 1.82) is 0 Å². The van der Waals surface area contributed by atoms with Gasteiger partial charge in [0.15, 0.2) is 0 Å². The van der Waals surface area contributed by atoms with Crippen LogP contribution < -0.4 is 4.18 Å². The van der Waals surface area contributed by atoms with Gasteiger partial charge in [-0.05, 0) is 12.1 Å². The Kier molecular flexibility index (Phi) is 5.58. The van der Waals surface area contributed by atoms with Crippen LogP contribution in [0, 0.1) is 0 Å². The second-order valence-electron chi connectivity index (χ2n) is 1.82. The predicted octanol–water partition coefficient (Wildman–Crippen LogP) is 0.487. The molecule has 1 rings (SSSR count). The van der Waals surface area contributed by atoms with Crippen molar-refractivity contribution in [2.75, 3.05) is 0 Å². The zero-order valence-corrected chi connectivity index (χ0v) is 10.4. The fourth-order valence-electron chi connectivity index (χ4n) is 0.598. The van der Waals surface area contributed by atoms with Crippen LogP contribution in [-0.4, -0.2) is 64.4 Å². The van der Waals surface area contributed by atoms with Crippen LogP contribution in [0.25, 0.3) is 0 Å². The van der Waals surface area contributed by atoms with Crippen LogP contribution in [0.3, 0.4) is 0 Å². The Bertz CT molecular complexity index is 321. The molecule has 0 aliphatic rings. The van der Waals surface area contributed by atoms with E-state index in [1.807, 2.05) is 0 Å². The second kappa shape index (κ2) is 5.33. The fraction of sp³-hybridized carbons (Fsp3) is 0. The van der Waals surface area contributed by atoms with Gasteiger partial charge in [-0.2, -0.15) is 8.42 Å². The Hall–Kier alpha value is 0.566. The molecule has 1 aromatic carbocycles. The number of rotatable bonds is 2. The summed E-state index contributed by atoms with van der Waals surface area (Å²) < 4.78 is 32.6. The summed E-state index contributed by atoms with van der Waals surface area (Å²) in [6.07, 6.45) is 0. The van der Waals surface area contributed by atoms with Gasteiger partial charge in [0.2, 0.25) is 0 Å². The summed E-state index contributed by atoms with van der Waals surface area (Å²) in [5, 5.41) is 0. The molecule has 0 saturated heterocycles. The van der Waals surface area contributed by atoms with Gasteiger partial charge in [-0.25, -0.2) is 0 Å². The molecular formula is C6H6KO4S. The van der Waals surface area contributed by atoms with Crippen LogP contribution in [0.5, 0.6) is 5.75 Å². The van der Waals surface area contributed by atoms with E-state index in [1.165, 1.54) is 12.1 Å². The topological polar surface area (TPSA) is 63.6 Å². The average Bonchev–Trinajstić information content (AvgIpc) is 1.85. The van der Waals surface area contributed by atoms with E-state index in [0.29, 0.717) is 0 Å². The summed E-state index contributed by atoms with van der Waals surface area (Å²) in [6.45, 7) is 0. The van der Waals surface area contributed by atoms with Crippen molar-refractivity contribution in [3.05, 3.63) is 30.3 Å². The smallest absolute Gasteiger partial charge is 0.362 e. The summed E-state index contributed by atoms with van der Waals surface area (Å²) in [6, 6.07) is 7.75. The third kappa shape index (κ3) is 5.25. The SMILES string of the molecule is O=S(=O)(O)Oc1ccccc1.[K]. The molecule has 0 unspecified atom stereocenters. The predicted molar refractivity (Wildman–Crippen MR) is 44.4 cm³/mol. The van der Waals surface area contributed by atoms with E-state index in [4.69, 9.17) is 4.55 Å². The molecule has 0 fully saturated rings. The Labute approximate surface area is 113 Å². The summed E-state index contributed by atoms with van der Waals surface area (Å²) in [4.78, 5) is 0. The van der Waals surface area contributed by atoms with Crippen molar-refractivity contribution in [3.8, 4) is 5.75 Å². The number of hydrogen-bond donors (Lipinski definition) is 1. The van der Waals surface area contributed by atoms with Gasteiger partial charge in [0.1, 0.15) is 5.75 Å². The van der Waals surface area contributed by atoms with Crippen LogP contribution in [-0.2, 0) is 10.4 Å². The molecule has 1 aromatic rings. The maximum Gasteiger partial charge on any atom is 0.446 e. The number of benzene rings is 1. The summed E-state index contributed by atoms with van der Waals surface area (Å²) in [7, 11) is -4.38. The Morgan fingerprint density at radius 1 is 1.17 bits per heavy atom. The molecule has 0 heterocycles. The van der Waals surface area contributed by atoms with E-state index < -0.39 is 10.4 Å². The molecule has 0 aliphatic carbocycles. The van der Waals surface area contributed by atoms with E-state index in [9.17, 15) is 8.42 Å². The minimum atomic E-state index is -4.38. The van der Waals surface area contributed by atoms with Gasteiger partial charge >= 0.3 is 10.4 Å². The van der Waals surface area contributed by atoms with E-state index in [-0.39, 0.29) is 57.1 Å². The molecule has 0 aromatic heterocycles. The van der Waals surface area contributed by atoms with Gasteiger partial charge in [0, 0.05) is 51.4 Å². The molecule has 0 amide bonds. The Morgan fingerprint density at radius 2 is 1.67 bits per heavy atom. The van der Waals surface area contributed by atoms with Crippen molar-refractivity contribution in [1.82, 2.24) is 0 Å². The first-order chi connectivity index (χ1) is 5.08. The minimum absolute atomic E-state index is 0. The molecule has 0 spiro atoms. The quantitative estimate of drug-likeness (QED) is 0.573. The minimum Gasteiger partial charge on any atom is -0.362 e. The number of hydrogen-bond acceptors (Lipinski definition) is 3. The second-order valence-corrected chi connectivity index (χ2v) is 2.85. The Balaban J connectivity index is 0.00000121. The van der Waals surface area contributed by atoms with Crippen LogP contribution in [0.4, 0.5) is 0 Å². The zero-order chi connectivity index (χ0) is 8.32. The molecule has 0 saturated carbocycles. The third-order valence-electron chi connectivity index (χ3n) is 0.945. The van der Waals surface area contributed by atoms with Crippen molar-refractivity contribution in [3.63, 3.8) is 0 Å². The summed E-state index contributed by atoms with van der Waals surface area (Å²) in [5.74, 6) is 0.0926. The largest absolute Gasteiger partial charge is 0.446 e.